The van der Waals surface area contributed by atoms with Crippen LogP contribution in [0, 0.1) is 13.8 Å². The van der Waals surface area contributed by atoms with Gasteiger partial charge in [0.1, 0.15) is 10.7 Å². The van der Waals surface area contributed by atoms with Crippen LogP contribution in [-0.4, -0.2) is 10.7 Å². The second-order valence-corrected chi connectivity index (χ2v) is 7.88. The molecular weight excluding hydrogens is 368 g/mol. The van der Waals surface area contributed by atoms with E-state index < -0.39 is 0 Å². The summed E-state index contributed by atoms with van der Waals surface area (Å²) in [5.41, 5.74) is 4.32. The number of benzene rings is 1. The highest BCUT2D eigenvalue weighted by atomic mass is 35.5. The average molecular weight is 389 g/mol. The van der Waals surface area contributed by atoms with E-state index in [9.17, 15) is 4.79 Å². The normalized spacial score (nSPS) is 12.3. The maximum Gasteiger partial charge on any atom is 0.193 e. The summed E-state index contributed by atoms with van der Waals surface area (Å²) in [7, 11) is 0. The molecule has 0 aliphatic heterocycles. The van der Waals surface area contributed by atoms with Crippen LogP contribution in [0.25, 0.3) is 11.0 Å². The standard InChI is InChI=1S/C20H21ClN2O2S/c1-5-26-19-10-17(24)15-9-11(2)8-14(20(15)25-19)12(3)22-16-6-7-18(21)23-13(16)4/h6-10,12,22H,5H2,1-4H3/t12-/m1/s1. The van der Waals surface area contributed by atoms with Crippen LogP contribution in [0.3, 0.4) is 0 Å². The number of nitrogens with zero attached hydrogens (tertiary/aromatic N) is 1. The molecule has 0 amide bonds. The summed E-state index contributed by atoms with van der Waals surface area (Å²) in [4.78, 5) is 16.8. The van der Waals surface area contributed by atoms with Crippen molar-refractivity contribution in [2.45, 2.75) is 38.8 Å². The molecule has 3 rings (SSSR count). The molecule has 0 unspecified atom stereocenters. The fraction of sp³-hybridized carbons (Fsp3) is 0.300. The maximum absolute atomic E-state index is 12.5. The first-order valence-corrected chi connectivity index (χ1v) is 9.86. The molecule has 6 heteroatoms. The molecule has 0 aliphatic rings. The Bertz CT molecular complexity index is 1020. The number of hydrogen-bond donors (Lipinski definition) is 1. The van der Waals surface area contributed by atoms with Crippen molar-refractivity contribution in [1.82, 2.24) is 4.98 Å². The lowest BCUT2D eigenvalue weighted by molar-refractivity contribution is 0.495. The van der Waals surface area contributed by atoms with Gasteiger partial charge in [0, 0.05) is 11.6 Å². The van der Waals surface area contributed by atoms with Gasteiger partial charge in [-0.25, -0.2) is 4.98 Å². The summed E-state index contributed by atoms with van der Waals surface area (Å²) in [5.74, 6) is 0.846. The van der Waals surface area contributed by atoms with Crippen molar-refractivity contribution in [1.29, 1.82) is 0 Å². The Morgan fingerprint density at radius 1 is 1.27 bits per heavy atom. The van der Waals surface area contributed by atoms with Crippen LogP contribution in [0.15, 0.2) is 44.6 Å². The summed E-state index contributed by atoms with van der Waals surface area (Å²) >= 11 is 7.47. The molecule has 136 valence electrons. The van der Waals surface area contributed by atoms with Crippen LogP contribution < -0.4 is 10.7 Å². The quantitative estimate of drug-likeness (QED) is 0.446. The number of rotatable bonds is 5. The van der Waals surface area contributed by atoms with E-state index in [0.29, 0.717) is 21.2 Å². The van der Waals surface area contributed by atoms with Gasteiger partial charge in [0.05, 0.1) is 22.8 Å². The molecule has 0 aliphatic carbocycles. The Morgan fingerprint density at radius 2 is 2.04 bits per heavy atom. The number of hydrogen-bond acceptors (Lipinski definition) is 5. The van der Waals surface area contributed by atoms with Gasteiger partial charge in [-0.1, -0.05) is 36.4 Å². The number of pyridine rings is 1. The molecule has 4 nitrogen and oxygen atoms in total. The summed E-state index contributed by atoms with van der Waals surface area (Å²) in [5, 5.41) is 5.18. The van der Waals surface area contributed by atoms with Gasteiger partial charge >= 0.3 is 0 Å². The van der Waals surface area contributed by atoms with Crippen molar-refractivity contribution in [3.05, 3.63) is 62.5 Å². The number of aromatic nitrogens is 1. The molecule has 2 heterocycles. The number of fused-ring (bicyclic) bond motifs is 1. The van der Waals surface area contributed by atoms with Gasteiger partial charge in [0.2, 0.25) is 0 Å². The minimum absolute atomic E-state index is 0.0105. The first-order chi connectivity index (χ1) is 12.4. The monoisotopic (exact) mass is 388 g/mol. The number of aryl methyl sites for hydroxylation is 2. The second kappa shape index (κ2) is 7.72. The van der Waals surface area contributed by atoms with Crippen molar-refractivity contribution in [2.24, 2.45) is 0 Å². The van der Waals surface area contributed by atoms with E-state index in [1.165, 1.54) is 11.8 Å². The Balaban J connectivity index is 2.08. The number of anilines is 1. The van der Waals surface area contributed by atoms with Crippen molar-refractivity contribution in [2.75, 3.05) is 11.1 Å². The summed E-state index contributed by atoms with van der Waals surface area (Å²) < 4.78 is 6.06. The van der Waals surface area contributed by atoms with Crippen molar-refractivity contribution < 1.29 is 4.42 Å². The van der Waals surface area contributed by atoms with E-state index in [2.05, 4.69) is 16.4 Å². The third-order valence-electron chi connectivity index (χ3n) is 4.16. The lowest BCUT2D eigenvalue weighted by atomic mass is 10.0. The molecule has 0 radical (unpaired) electrons. The molecule has 1 N–H and O–H groups in total. The largest absolute Gasteiger partial charge is 0.449 e. The van der Waals surface area contributed by atoms with Crippen LogP contribution in [-0.2, 0) is 0 Å². The molecule has 3 aromatic rings. The summed E-state index contributed by atoms with van der Waals surface area (Å²) in [6, 6.07) is 9.12. The van der Waals surface area contributed by atoms with Crippen LogP contribution in [0.4, 0.5) is 5.69 Å². The van der Waals surface area contributed by atoms with Gasteiger partial charge in [-0.15, -0.1) is 0 Å². The van der Waals surface area contributed by atoms with Crippen molar-refractivity contribution in [3.63, 3.8) is 0 Å². The van der Waals surface area contributed by atoms with Crippen molar-refractivity contribution >= 4 is 40.0 Å². The first-order valence-electron chi connectivity index (χ1n) is 8.50. The Morgan fingerprint density at radius 3 is 2.73 bits per heavy atom. The topological polar surface area (TPSA) is 55.1 Å². The number of halogens is 1. The number of nitrogens with one attached hydrogen (secondary N) is 1. The van der Waals surface area contributed by atoms with Gasteiger partial charge in [-0.2, -0.15) is 0 Å². The van der Waals surface area contributed by atoms with Crippen LogP contribution in [0.1, 0.15) is 36.7 Å². The fourth-order valence-corrected chi connectivity index (χ4v) is 3.75. The van der Waals surface area contributed by atoms with Gasteiger partial charge in [-0.3, -0.25) is 4.79 Å². The first kappa shape index (κ1) is 18.8. The summed E-state index contributed by atoms with van der Waals surface area (Å²) in [6.45, 7) is 7.97. The van der Waals surface area contributed by atoms with E-state index in [-0.39, 0.29) is 11.5 Å². The van der Waals surface area contributed by atoms with E-state index in [1.807, 2.05) is 39.8 Å². The third kappa shape index (κ3) is 3.89. The van der Waals surface area contributed by atoms with Crippen LogP contribution in [0.5, 0.6) is 0 Å². The van der Waals surface area contributed by atoms with Gasteiger partial charge in [0.15, 0.2) is 10.5 Å². The van der Waals surface area contributed by atoms with Crippen LogP contribution in [0.2, 0.25) is 5.15 Å². The molecule has 1 aromatic carbocycles. The van der Waals surface area contributed by atoms with E-state index in [0.717, 1.165) is 28.3 Å². The zero-order chi connectivity index (χ0) is 18.8. The zero-order valence-corrected chi connectivity index (χ0v) is 16.8. The van der Waals surface area contributed by atoms with E-state index in [4.69, 9.17) is 16.0 Å². The second-order valence-electron chi connectivity index (χ2n) is 6.23. The Labute approximate surface area is 162 Å². The van der Waals surface area contributed by atoms with E-state index >= 15 is 0 Å². The van der Waals surface area contributed by atoms with Gasteiger partial charge in [0.25, 0.3) is 0 Å². The molecule has 0 saturated carbocycles. The molecule has 0 fully saturated rings. The SMILES string of the molecule is CCSc1cc(=O)c2cc(C)cc([C@@H](C)Nc3ccc(Cl)nc3C)c2o1. The highest BCUT2D eigenvalue weighted by Gasteiger charge is 2.16. The van der Waals surface area contributed by atoms with E-state index in [1.54, 1.807) is 12.1 Å². The van der Waals surface area contributed by atoms with Crippen LogP contribution >= 0.6 is 23.4 Å². The maximum atomic E-state index is 12.5. The fourth-order valence-electron chi connectivity index (χ4n) is 2.94. The predicted octanol–water partition coefficient (Wildman–Crippen LogP) is 5.74. The molecule has 1 atom stereocenters. The third-order valence-corrected chi connectivity index (χ3v) is 5.14. The molecule has 2 aromatic heterocycles. The zero-order valence-electron chi connectivity index (χ0n) is 15.2. The molecule has 0 bridgehead atoms. The smallest absolute Gasteiger partial charge is 0.193 e. The predicted molar refractivity (Wildman–Crippen MR) is 110 cm³/mol. The number of thioether (sulfide) groups is 1. The average Bonchev–Trinajstić information content (AvgIpc) is 2.58. The highest BCUT2D eigenvalue weighted by Crippen LogP contribution is 2.30. The minimum Gasteiger partial charge on any atom is -0.449 e. The molecule has 26 heavy (non-hydrogen) atoms. The highest BCUT2D eigenvalue weighted by molar-refractivity contribution is 7.99. The lowest BCUT2D eigenvalue weighted by Crippen LogP contribution is -2.11. The minimum atomic E-state index is -0.0656. The van der Waals surface area contributed by atoms with Gasteiger partial charge in [-0.05, 0) is 50.3 Å². The Hall–Kier alpha value is -1.98. The van der Waals surface area contributed by atoms with Crippen molar-refractivity contribution in [3.8, 4) is 0 Å². The lowest BCUT2D eigenvalue weighted by Gasteiger charge is -2.19. The molecular formula is C20H21ClN2O2S. The Kier molecular flexibility index (Phi) is 5.58. The summed E-state index contributed by atoms with van der Waals surface area (Å²) in [6.07, 6.45) is 0. The molecule has 0 saturated heterocycles. The molecule has 0 spiro atoms. The van der Waals surface area contributed by atoms with Gasteiger partial charge < -0.3 is 9.73 Å².